The lowest BCUT2D eigenvalue weighted by atomic mass is 9.74. The van der Waals surface area contributed by atoms with E-state index in [2.05, 4.69) is 13.2 Å². The van der Waals surface area contributed by atoms with Gasteiger partial charge in [-0.2, -0.15) is 0 Å². The molecule has 2 rings (SSSR count). The smallest absolute Gasteiger partial charge is 0.333 e. The zero-order valence-corrected chi connectivity index (χ0v) is 13.9. The molecule has 0 spiro atoms. The summed E-state index contributed by atoms with van der Waals surface area (Å²) in [7, 11) is 0. The first-order valence-electron chi connectivity index (χ1n) is 7.85. The van der Waals surface area contributed by atoms with Crippen LogP contribution in [0.5, 0.6) is 0 Å². The number of hydrogen-bond acceptors (Lipinski definition) is 4. The van der Waals surface area contributed by atoms with Gasteiger partial charge >= 0.3 is 11.9 Å². The van der Waals surface area contributed by atoms with Gasteiger partial charge in [0.05, 0.1) is 0 Å². The lowest BCUT2D eigenvalue weighted by molar-refractivity contribution is -0.161. The monoisotopic (exact) mass is 336 g/mol. The van der Waals surface area contributed by atoms with E-state index in [0.29, 0.717) is 11.1 Å². The minimum absolute atomic E-state index is 0.00497. The van der Waals surface area contributed by atoms with Crippen molar-refractivity contribution in [3.8, 4) is 0 Å². The van der Waals surface area contributed by atoms with Gasteiger partial charge in [0.2, 0.25) is 5.41 Å². The van der Waals surface area contributed by atoms with Crippen molar-refractivity contribution in [2.24, 2.45) is 0 Å². The van der Waals surface area contributed by atoms with Crippen LogP contribution >= 0.6 is 0 Å². The van der Waals surface area contributed by atoms with E-state index in [1.54, 1.807) is 48.5 Å². The zero-order valence-electron chi connectivity index (χ0n) is 13.9. The fourth-order valence-corrected chi connectivity index (χ4v) is 2.58. The molecule has 0 aliphatic rings. The van der Waals surface area contributed by atoms with Crippen molar-refractivity contribution in [3.05, 3.63) is 97.1 Å². The standard InChI is InChI=1S/C21H20O4/c1-3-15-24-19(22)21(20(23)25-16-4-2,17-11-7-5-8-12-17)18-13-9-6-10-14-18/h3-14H,1-2,15-16H2. The minimum atomic E-state index is -1.71. The van der Waals surface area contributed by atoms with Crippen LogP contribution in [0.1, 0.15) is 11.1 Å². The number of esters is 2. The van der Waals surface area contributed by atoms with E-state index in [1.165, 1.54) is 12.2 Å². The first-order valence-corrected chi connectivity index (χ1v) is 7.85. The summed E-state index contributed by atoms with van der Waals surface area (Å²) in [6.07, 6.45) is 2.90. The molecule has 0 radical (unpaired) electrons. The third-order valence-corrected chi connectivity index (χ3v) is 3.69. The molecule has 0 aliphatic heterocycles. The van der Waals surface area contributed by atoms with Crippen LogP contribution in [0, 0.1) is 0 Å². The van der Waals surface area contributed by atoms with Gasteiger partial charge in [-0.15, -0.1) is 0 Å². The second kappa shape index (κ2) is 8.64. The number of hydrogen-bond donors (Lipinski definition) is 0. The highest BCUT2D eigenvalue weighted by atomic mass is 16.6. The van der Waals surface area contributed by atoms with Gasteiger partial charge in [-0.3, -0.25) is 9.59 Å². The Morgan fingerprint density at radius 1 is 0.760 bits per heavy atom. The largest absolute Gasteiger partial charge is 0.460 e. The SMILES string of the molecule is C=CCOC(=O)C(C(=O)OCC=C)(c1ccccc1)c1ccccc1. The van der Waals surface area contributed by atoms with Crippen molar-refractivity contribution in [2.45, 2.75) is 5.41 Å². The van der Waals surface area contributed by atoms with Gasteiger partial charge in [-0.25, -0.2) is 0 Å². The molecule has 0 saturated carbocycles. The van der Waals surface area contributed by atoms with Gasteiger partial charge in [-0.05, 0) is 11.1 Å². The predicted octanol–water partition coefficient (Wildman–Crippen LogP) is 3.43. The molecule has 0 amide bonds. The van der Waals surface area contributed by atoms with Gasteiger partial charge in [0.25, 0.3) is 0 Å². The van der Waals surface area contributed by atoms with E-state index in [-0.39, 0.29) is 13.2 Å². The molecule has 0 unspecified atom stereocenters. The van der Waals surface area contributed by atoms with Crippen molar-refractivity contribution >= 4 is 11.9 Å². The lowest BCUT2D eigenvalue weighted by Gasteiger charge is -2.30. The number of ether oxygens (including phenoxy) is 2. The molecule has 0 N–H and O–H groups in total. The second-order valence-electron chi connectivity index (χ2n) is 5.26. The molecule has 128 valence electrons. The molecule has 2 aromatic rings. The molecular weight excluding hydrogens is 316 g/mol. The maximum absolute atomic E-state index is 13.0. The lowest BCUT2D eigenvalue weighted by Crippen LogP contribution is -2.47. The van der Waals surface area contributed by atoms with Gasteiger partial charge in [-0.1, -0.05) is 86.0 Å². The molecule has 0 aliphatic carbocycles. The molecule has 4 heteroatoms. The van der Waals surface area contributed by atoms with Crippen LogP contribution in [0.15, 0.2) is 86.0 Å². The molecular formula is C21H20O4. The molecule has 0 saturated heterocycles. The van der Waals surface area contributed by atoms with Crippen LogP contribution in [0.2, 0.25) is 0 Å². The molecule has 0 bridgehead atoms. The number of rotatable bonds is 8. The molecule has 0 aromatic heterocycles. The van der Waals surface area contributed by atoms with Gasteiger partial charge in [0.15, 0.2) is 0 Å². The highest BCUT2D eigenvalue weighted by molar-refractivity contribution is 6.10. The van der Waals surface area contributed by atoms with Crippen molar-refractivity contribution < 1.29 is 19.1 Å². The van der Waals surface area contributed by atoms with Gasteiger partial charge in [0, 0.05) is 0 Å². The number of carbonyl (C=O) groups excluding carboxylic acids is 2. The predicted molar refractivity (Wildman–Crippen MR) is 96.0 cm³/mol. The van der Waals surface area contributed by atoms with Crippen molar-refractivity contribution in [3.63, 3.8) is 0 Å². The normalized spacial score (nSPS) is 10.6. The average molecular weight is 336 g/mol. The topological polar surface area (TPSA) is 52.6 Å². The summed E-state index contributed by atoms with van der Waals surface area (Å²) >= 11 is 0. The summed E-state index contributed by atoms with van der Waals surface area (Å²) in [5.74, 6) is -1.42. The van der Waals surface area contributed by atoms with Gasteiger partial charge < -0.3 is 9.47 Å². The van der Waals surface area contributed by atoms with Crippen LogP contribution < -0.4 is 0 Å². The Kier molecular flexibility index (Phi) is 6.29. The third-order valence-electron chi connectivity index (χ3n) is 3.69. The number of carbonyl (C=O) groups is 2. The quantitative estimate of drug-likeness (QED) is 0.421. The minimum Gasteiger partial charge on any atom is -0.460 e. The second-order valence-corrected chi connectivity index (χ2v) is 5.26. The Bertz CT molecular complexity index is 670. The van der Waals surface area contributed by atoms with E-state index in [0.717, 1.165) is 0 Å². The van der Waals surface area contributed by atoms with Gasteiger partial charge in [0.1, 0.15) is 13.2 Å². The maximum atomic E-state index is 13.0. The fraction of sp³-hybridized carbons (Fsp3) is 0.143. The Labute approximate surface area is 147 Å². The fourth-order valence-electron chi connectivity index (χ4n) is 2.58. The molecule has 25 heavy (non-hydrogen) atoms. The van der Waals surface area contributed by atoms with Crippen LogP contribution in [-0.2, 0) is 24.5 Å². The summed E-state index contributed by atoms with van der Waals surface area (Å²) in [6, 6.07) is 17.5. The van der Waals surface area contributed by atoms with E-state index >= 15 is 0 Å². The van der Waals surface area contributed by atoms with Crippen molar-refractivity contribution in [1.82, 2.24) is 0 Å². The van der Waals surface area contributed by atoms with E-state index in [1.807, 2.05) is 12.1 Å². The zero-order chi connectivity index (χ0) is 18.1. The van der Waals surface area contributed by atoms with Crippen molar-refractivity contribution in [2.75, 3.05) is 13.2 Å². The summed E-state index contributed by atoms with van der Waals surface area (Å²) in [5, 5.41) is 0. The molecule has 4 nitrogen and oxygen atoms in total. The maximum Gasteiger partial charge on any atom is 0.333 e. The molecule has 0 atom stereocenters. The van der Waals surface area contributed by atoms with Crippen LogP contribution in [-0.4, -0.2) is 25.2 Å². The summed E-state index contributed by atoms with van der Waals surface area (Å²) < 4.78 is 10.6. The Hall–Kier alpha value is -3.14. The van der Waals surface area contributed by atoms with Crippen LogP contribution in [0.4, 0.5) is 0 Å². The highest BCUT2D eigenvalue weighted by Gasteiger charge is 2.52. The van der Waals surface area contributed by atoms with E-state index < -0.39 is 17.4 Å². The Balaban J connectivity index is 2.68. The molecule has 0 fully saturated rings. The Morgan fingerprint density at radius 2 is 1.12 bits per heavy atom. The first-order chi connectivity index (χ1) is 12.2. The van der Waals surface area contributed by atoms with Crippen LogP contribution in [0.25, 0.3) is 0 Å². The average Bonchev–Trinajstić information content (AvgIpc) is 2.67. The summed E-state index contributed by atoms with van der Waals surface area (Å²) in [5.41, 5.74) is -0.761. The van der Waals surface area contributed by atoms with Crippen LogP contribution in [0.3, 0.4) is 0 Å². The van der Waals surface area contributed by atoms with E-state index in [9.17, 15) is 9.59 Å². The Morgan fingerprint density at radius 3 is 1.44 bits per heavy atom. The molecule has 0 heterocycles. The van der Waals surface area contributed by atoms with Crippen molar-refractivity contribution in [1.29, 1.82) is 0 Å². The molecule has 2 aromatic carbocycles. The summed E-state index contributed by atoms with van der Waals surface area (Å²) in [4.78, 5) is 26.1. The van der Waals surface area contributed by atoms with E-state index in [4.69, 9.17) is 9.47 Å². The first kappa shape index (κ1) is 18.2. The summed E-state index contributed by atoms with van der Waals surface area (Å²) in [6.45, 7) is 7.09. The third kappa shape index (κ3) is 3.69. The number of benzene rings is 2. The highest BCUT2D eigenvalue weighted by Crippen LogP contribution is 2.35.